The first-order valence-electron chi connectivity index (χ1n) is 10.0. The van der Waals surface area contributed by atoms with E-state index in [1.54, 1.807) is 19.1 Å². The lowest BCUT2D eigenvalue weighted by Crippen LogP contribution is -2.39. The molecule has 0 unspecified atom stereocenters. The molecule has 0 atom stereocenters. The summed E-state index contributed by atoms with van der Waals surface area (Å²) in [4.78, 5) is 13.9. The molecule has 2 aromatic carbocycles. The summed E-state index contributed by atoms with van der Waals surface area (Å²) in [6, 6.07) is 15.1. The van der Waals surface area contributed by atoms with E-state index in [2.05, 4.69) is 15.4 Å². The Morgan fingerprint density at radius 2 is 1.68 bits per heavy atom. The Bertz CT molecular complexity index is 1030. The van der Waals surface area contributed by atoms with Gasteiger partial charge < -0.3 is 14.4 Å². The molecule has 1 fully saturated rings. The van der Waals surface area contributed by atoms with E-state index in [4.69, 9.17) is 9.47 Å². The SMILES string of the molecule is CCOC(=O)c1[nH]nnc1Oc1ccc(-c2ccc(N3CCC(F)(F)CC3)cc2)cc1. The van der Waals surface area contributed by atoms with E-state index in [1.165, 1.54) is 0 Å². The van der Waals surface area contributed by atoms with Crippen molar-refractivity contribution in [2.24, 2.45) is 0 Å². The molecule has 3 aromatic rings. The molecule has 0 aliphatic carbocycles. The molecule has 31 heavy (non-hydrogen) atoms. The number of esters is 1. The average Bonchev–Trinajstić information content (AvgIpc) is 3.23. The van der Waals surface area contributed by atoms with Crippen LogP contribution >= 0.6 is 0 Å². The van der Waals surface area contributed by atoms with Crippen LogP contribution in [0.15, 0.2) is 48.5 Å². The van der Waals surface area contributed by atoms with Crippen molar-refractivity contribution in [3.05, 3.63) is 54.2 Å². The fourth-order valence-corrected chi connectivity index (χ4v) is 3.41. The van der Waals surface area contributed by atoms with Gasteiger partial charge in [-0.05, 0) is 42.3 Å². The summed E-state index contributed by atoms with van der Waals surface area (Å²) in [5, 5.41) is 9.85. The molecule has 0 bridgehead atoms. The highest BCUT2D eigenvalue weighted by Gasteiger charge is 2.33. The number of hydrogen-bond donors (Lipinski definition) is 1. The van der Waals surface area contributed by atoms with Gasteiger partial charge in [-0.25, -0.2) is 18.7 Å². The molecule has 1 N–H and O–H groups in total. The lowest BCUT2D eigenvalue weighted by molar-refractivity contribution is -0.0220. The summed E-state index contributed by atoms with van der Waals surface area (Å²) in [7, 11) is 0. The molecular weight excluding hydrogens is 406 g/mol. The number of benzene rings is 2. The Morgan fingerprint density at radius 3 is 2.29 bits per heavy atom. The van der Waals surface area contributed by atoms with Crippen LogP contribution in [0.1, 0.15) is 30.3 Å². The molecule has 0 spiro atoms. The minimum Gasteiger partial charge on any atom is -0.461 e. The summed E-state index contributed by atoms with van der Waals surface area (Å²) in [5.74, 6) is -2.60. The van der Waals surface area contributed by atoms with Gasteiger partial charge in [0.05, 0.1) is 6.61 Å². The number of carbonyl (C=O) groups is 1. The average molecular weight is 428 g/mol. The van der Waals surface area contributed by atoms with E-state index in [0.29, 0.717) is 18.8 Å². The van der Waals surface area contributed by atoms with Crippen molar-refractivity contribution < 1.29 is 23.0 Å². The van der Waals surface area contributed by atoms with Crippen LogP contribution in [-0.4, -0.2) is 47.0 Å². The molecule has 0 saturated carbocycles. The van der Waals surface area contributed by atoms with Crippen molar-refractivity contribution in [3.63, 3.8) is 0 Å². The number of piperidine rings is 1. The number of hydrogen-bond acceptors (Lipinski definition) is 6. The molecule has 0 radical (unpaired) electrons. The maximum atomic E-state index is 13.4. The Labute approximate surface area is 178 Å². The van der Waals surface area contributed by atoms with Crippen LogP contribution in [0.25, 0.3) is 11.1 Å². The van der Waals surface area contributed by atoms with Crippen molar-refractivity contribution in [2.45, 2.75) is 25.7 Å². The third-order valence-corrected chi connectivity index (χ3v) is 5.13. The maximum Gasteiger partial charge on any atom is 0.362 e. The zero-order chi connectivity index (χ0) is 21.8. The van der Waals surface area contributed by atoms with Gasteiger partial charge in [0.2, 0.25) is 5.69 Å². The molecule has 162 valence electrons. The van der Waals surface area contributed by atoms with E-state index in [9.17, 15) is 13.6 Å². The summed E-state index contributed by atoms with van der Waals surface area (Å²) in [6.45, 7) is 2.65. The Kier molecular flexibility index (Phi) is 5.83. The van der Waals surface area contributed by atoms with Gasteiger partial charge in [0.1, 0.15) is 5.75 Å². The maximum absolute atomic E-state index is 13.4. The predicted octanol–water partition coefficient (Wildman–Crippen LogP) is 4.68. The molecule has 1 aromatic heterocycles. The van der Waals surface area contributed by atoms with Crippen LogP contribution in [0, 0.1) is 0 Å². The summed E-state index contributed by atoms with van der Waals surface area (Å²) in [5.41, 5.74) is 2.95. The van der Waals surface area contributed by atoms with Crippen molar-refractivity contribution in [3.8, 4) is 22.8 Å². The van der Waals surface area contributed by atoms with Gasteiger partial charge in [0.15, 0.2) is 0 Å². The second-order valence-electron chi connectivity index (χ2n) is 7.23. The minimum absolute atomic E-state index is 0.0441. The summed E-state index contributed by atoms with van der Waals surface area (Å²) < 4.78 is 37.3. The quantitative estimate of drug-likeness (QED) is 0.575. The van der Waals surface area contributed by atoms with Crippen LogP contribution in [0.3, 0.4) is 0 Å². The fraction of sp³-hybridized carbons (Fsp3) is 0.318. The number of aromatic amines is 1. The van der Waals surface area contributed by atoms with Crippen molar-refractivity contribution in [1.29, 1.82) is 0 Å². The molecule has 9 heteroatoms. The predicted molar refractivity (Wildman–Crippen MR) is 111 cm³/mol. The number of anilines is 1. The number of halogens is 2. The second-order valence-corrected chi connectivity index (χ2v) is 7.23. The van der Waals surface area contributed by atoms with E-state index in [0.717, 1.165) is 16.8 Å². The number of nitrogens with zero attached hydrogens (tertiary/aromatic N) is 3. The summed E-state index contributed by atoms with van der Waals surface area (Å²) in [6.07, 6.45) is -0.223. The number of ether oxygens (including phenoxy) is 2. The molecule has 2 heterocycles. The summed E-state index contributed by atoms with van der Waals surface area (Å²) >= 11 is 0. The third-order valence-electron chi connectivity index (χ3n) is 5.13. The number of H-pyrrole nitrogens is 1. The molecule has 1 aliphatic heterocycles. The van der Waals surface area contributed by atoms with Gasteiger partial charge in [-0.15, -0.1) is 0 Å². The molecule has 1 aliphatic rings. The largest absolute Gasteiger partial charge is 0.461 e. The van der Waals surface area contributed by atoms with Crippen molar-refractivity contribution in [2.75, 3.05) is 24.6 Å². The van der Waals surface area contributed by atoms with E-state index < -0.39 is 11.9 Å². The van der Waals surface area contributed by atoms with Gasteiger partial charge in [-0.3, -0.25) is 0 Å². The normalized spacial score (nSPS) is 15.5. The third kappa shape index (κ3) is 4.82. The molecular formula is C22H22F2N4O3. The molecule has 1 saturated heterocycles. The second kappa shape index (κ2) is 8.71. The first-order chi connectivity index (χ1) is 14.9. The number of nitrogens with one attached hydrogen (secondary N) is 1. The van der Waals surface area contributed by atoms with Gasteiger partial charge in [-0.2, -0.15) is 0 Å². The highest BCUT2D eigenvalue weighted by Crippen LogP contribution is 2.32. The monoisotopic (exact) mass is 428 g/mol. The van der Waals surface area contributed by atoms with Crippen LogP contribution in [0.5, 0.6) is 11.6 Å². The first kappa shape index (κ1) is 20.8. The standard InChI is InChI=1S/C22H22F2N4O3/c1-2-30-21(29)19-20(26-27-25-19)31-18-9-5-16(6-10-18)15-3-7-17(8-4-15)28-13-11-22(23,24)12-14-28/h3-10H,2,11-14H2,1H3,(H,25,26,27). The lowest BCUT2D eigenvalue weighted by Gasteiger charge is -2.33. The van der Waals surface area contributed by atoms with Gasteiger partial charge >= 0.3 is 5.97 Å². The molecule has 7 nitrogen and oxygen atoms in total. The van der Waals surface area contributed by atoms with Crippen molar-refractivity contribution in [1.82, 2.24) is 15.4 Å². The minimum atomic E-state index is -2.55. The van der Waals surface area contributed by atoms with Crippen LogP contribution in [-0.2, 0) is 4.74 Å². The van der Waals surface area contributed by atoms with Crippen LogP contribution < -0.4 is 9.64 Å². The number of alkyl halides is 2. The molecule has 0 amide bonds. The number of rotatable bonds is 6. The first-order valence-corrected chi connectivity index (χ1v) is 10.0. The molecule has 4 rings (SSSR count). The zero-order valence-corrected chi connectivity index (χ0v) is 17.0. The Morgan fingerprint density at radius 1 is 1.06 bits per heavy atom. The number of aromatic nitrogens is 3. The van der Waals surface area contributed by atoms with E-state index in [-0.39, 0.29) is 31.0 Å². The topological polar surface area (TPSA) is 80.3 Å². The van der Waals surface area contributed by atoms with Crippen LogP contribution in [0.2, 0.25) is 0 Å². The van der Waals surface area contributed by atoms with E-state index in [1.807, 2.05) is 41.3 Å². The Hall–Kier alpha value is -3.49. The van der Waals surface area contributed by atoms with E-state index >= 15 is 0 Å². The lowest BCUT2D eigenvalue weighted by atomic mass is 10.0. The fourth-order valence-electron chi connectivity index (χ4n) is 3.41. The smallest absolute Gasteiger partial charge is 0.362 e. The zero-order valence-electron chi connectivity index (χ0n) is 17.0. The van der Waals surface area contributed by atoms with Gasteiger partial charge in [0.25, 0.3) is 11.8 Å². The number of carbonyl (C=O) groups excluding carboxylic acids is 1. The highest BCUT2D eigenvalue weighted by molar-refractivity contribution is 5.89. The van der Waals surface area contributed by atoms with Gasteiger partial charge in [0, 0.05) is 31.6 Å². The van der Waals surface area contributed by atoms with Crippen molar-refractivity contribution >= 4 is 11.7 Å². The Balaban J connectivity index is 1.42. The van der Waals surface area contributed by atoms with Crippen LogP contribution in [0.4, 0.5) is 14.5 Å². The van der Waals surface area contributed by atoms with Gasteiger partial charge in [-0.1, -0.05) is 34.6 Å². The highest BCUT2D eigenvalue weighted by atomic mass is 19.3.